The number of para-hydroxylation sites is 1. The molecule has 0 fully saturated rings. The van der Waals surface area contributed by atoms with Crippen LogP contribution in [0.15, 0.2) is 30.3 Å². The van der Waals surface area contributed by atoms with E-state index in [9.17, 15) is 26.7 Å². The van der Waals surface area contributed by atoms with E-state index in [4.69, 9.17) is 11.0 Å². The van der Waals surface area contributed by atoms with Crippen molar-refractivity contribution in [3.05, 3.63) is 64.5 Å². The van der Waals surface area contributed by atoms with Crippen LogP contribution in [0, 0.1) is 17.5 Å². The van der Waals surface area contributed by atoms with Gasteiger partial charge in [0.05, 0.1) is 11.1 Å². The number of carbonyl (C=O) groups is 1. The number of rotatable bonds is 4. The van der Waals surface area contributed by atoms with Gasteiger partial charge in [0.1, 0.15) is 5.56 Å². The number of carboxylic acids is 1. The molecule has 2 aromatic carbocycles. The lowest BCUT2D eigenvalue weighted by Crippen LogP contribution is -2.22. The highest BCUT2D eigenvalue weighted by Crippen LogP contribution is 2.43. The maximum Gasteiger partial charge on any atom is 0.339 e. The second-order valence-electron chi connectivity index (χ2n) is 4.40. The number of hydrogen-bond donors (Lipinski definition) is 2. The summed E-state index contributed by atoms with van der Waals surface area (Å²) in [7, 11) is 0. The molecule has 0 spiro atoms. The van der Waals surface area contributed by atoms with E-state index in [-0.39, 0.29) is 0 Å². The summed E-state index contributed by atoms with van der Waals surface area (Å²) in [5.41, 5.74) is -3.30. The summed E-state index contributed by atoms with van der Waals surface area (Å²) >= 11 is 0. The lowest BCUT2D eigenvalue weighted by molar-refractivity contribution is 0.0343. The molecular formula is C14H8F5NO3. The summed E-state index contributed by atoms with van der Waals surface area (Å²) in [6, 6.07) is 3.29. The largest absolute Gasteiger partial charge is 0.478 e. The van der Waals surface area contributed by atoms with Crippen LogP contribution in [-0.2, 0) is 5.92 Å². The molecule has 0 saturated heterocycles. The second-order valence-corrected chi connectivity index (χ2v) is 4.40. The Labute approximate surface area is 125 Å². The van der Waals surface area contributed by atoms with Crippen molar-refractivity contribution >= 4 is 5.97 Å². The number of hydrogen-bond acceptors (Lipinski definition) is 3. The standard InChI is InChI=1S/C14H8F5NO3/c15-9-5-4-7(10(16)11(9)17)14(18,19)8-3-1-2-6(13(21)22)12(8)23-20/h1-5H,20H2,(H,21,22). The zero-order chi connectivity index (χ0) is 17.4. The van der Waals surface area contributed by atoms with E-state index in [2.05, 4.69) is 4.84 Å². The summed E-state index contributed by atoms with van der Waals surface area (Å²) in [6.07, 6.45) is 0. The first-order valence-corrected chi connectivity index (χ1v) is 5.97. The Balaban J connectivity index is 2.72. The summed E-state index contributed by atoms with van der Waals surface area (Å²) in [4.78, 5) is 15.2. The van der Waals surface area contributed by atoms with Crippen molar-refractivity contribution in [2.45, 2.75) is 5.92 Å². The molecule has 3 N–H and O–H groups in total. The van der Waals surface area contributed by atoms with Gasteiger partial charge in [-0.05, 0) is 24.3 Å². The van der Waals surface area contributed by atoms with Crippen molar-refractivity contribution < 1.29 is 36.7 Å². The van der Waals surface area contributed by atoms with Crippen molar-refractivity contribution in [1.29, 1.82) is 0 Å². The molecule has 4 nitrogen and oxygen atoms in total. The van der Waals surface area contributed by atoms with Gasteiger partial charge < -0.3 is 9.94 Å². The van der Waals surface area contributed by atoms with Crippen LogP contribution in [0.4, 0.5) is 22.0 Å². The van der Waals surface area contributed by atoms with E-state index in [0.717, 1.165) is 18.2 Å². The summed E-state index contributed by atoms with van der Waals surface area (Å²) < 4.78 is 68.7. The molecule has 0 bridgehead atoms. The monoisotopic (exact) mass is 333 g/mol. The molecule has 0 aliphatic heterocycles. The maximum absolute atomic E-state index is 14.5. The molecule has 23 heavy (non-hydrogen) atoms. The van der Waals surface area contributed by atoms with Gasteiger partial charge in [0.25, 0.3) is 0 Å². The molecule has 0 unspecified atom stereocenters. The van der Waals surface area contributed by atoms with Gasteiger partial charge in [-0.15, -0.1) is 0 Å². The van der Waals surface area contributed by atoms with Crippen molar-refractivity contribution in [2.75, 3.05) is 0 Å². The van der Waals surface area contributed by atoms with E-state index < -0.39 is 51.8 Å². The smallest absolute Gasteiger partial charge is 0.339 e. The molecule has 0 aliphatic carbocycles. The maximum atomic E-state index is 14.5. The lowest BCUT2D eigenvalue weighted by atomic mass is 9.96. The Morgan fingerprint density at radius 2 is 1.70 bits per heavy atom. The Morgan fingerprint density at radius 1 is 1.04 bits per heavy atom. The van der Waals surface area contributed by atoms with Crippen molar-refractivity contribution in [1.82, 2.24) is 0 Å². The number of nitrogens with two attached hydrogens (primary N) is 1. The number of alkyl halides is 2. The molecule has 2 rings (SSSR count). The van der Waals surface area contributed by atoms with Crippen molar-refractivity contribution in [3.8, 4) is 5.75 Å². The molecule has 122 valence electrons. The molecule has 0 atom stereocenters. The van der Waals surface area contributed by atoms with Crippen LogP contribution in [0.1, 0.15) is 21.5 Å². The minimum absolute atomic E-state index is 0.325. The summed E-state index contributed by atoms with van der Waals surface area (Å²) in [5, 5.41) is 8.93. The second kappa shape index (κ2) is 5.84. The first kappa shape index (κ1) is 16.7. The molecule has 0 amide bonds. The molecule has 0 radical (unpaired) electrons. The average Bonchev–Trinajstić information content (AvgIpc) is 2.51. The highest BCUT2D eigenvalue weighted by molar-refractivity contribution is 5.91. The van der Waals surface area contributed by atoms with Crippen molar-refractivity contribution in [2.24, 2.45) is 5.90 Å². The van der Waals surface area contributed by atoms with Gasteiger partial charge in [-0.25, -0.2) is 18.0 Å². The van der Waals surface area contributed by atoms with Crippen LogP contribution in [-0.4, -0.2) is 11.1 Å². The Hall–Kier alpha value is -2.68. The van der Waals surface area contributed by atoms with Crippen LogP contribution < -0.4 is 10.7 Å². The molecule has 9 heteroatoms. The number of aromatic carboxylic acids is 1. The fourth-order valence-electron chi connectivity index (χ4n) is 1.99. The van der Waals surface area contributed by atoms with Gasteiger partial charge in [-0.2, -0.15) is 14.7 Å². The van der Waals surface area contributed by atoms with Crippen LogP contribution in [0.5, 0.6) is 5.75 Å². The zero-order valence-electron chi connectivity index (χ0n) is 11.1. The lowest BCUT2D eigenvalue weighted by Gasteiger charge is -2.21. The number of halogens is 5. The third-order valence-electron chi connectivity index (χ3n) is 3.08. The molecule has 0 saturated carbocycles. The van der Waals surface area contributed by atoms with Gasteiger partial charge in [0, 0.05) is 0 Å². The van der Waals surface area contributed by atoms with Crippen LogP contribution in [0.25, 0.3) is 0 Å². The van der Waals surface area contributed by atoms with Crippen LogP contribution >= 0.6 is 0 Å². The number of carboxylic acid groups (broad SMARTS) is 1. The fraction of sp³-hybridized carbons (Fsp3) is 0.0714. The molecule has 2 aromatic rings. The topological polar surface area (TPSA) is 72.5 Å². The average molecular weight is 333 g/mol. The fourth-order valence-corrected chi connectivity index (χ4v) is 1.99. The van der Waals surface area contributed by atoms with E-state index in [0.29, 0.717) is 12.1 Å². The Kier molecular flexibility index (Phi) is 4.24. The highest BCUT2D eigenvalue weighted by atomic mass is 19.3. The van der Waals surface area contributed by atoms with E-state index in [1.54, 1.807) is 0 Å². The predicted molar refractivity (Wildman–Crippen MR) is 67.5 cm³/mol. The van der Waals surface area contributed by atoms with Gasteiger partial charge >= 0.3 is 11.9 Å². The summed E-state index contributed by atoms with van der Waals surface area (Å²) in [5.74, 6) is -7.75. The van der Waals surface area contributed by atoms with E-state index in [1.165, 1.54) is 0 Å². The van der Waals surface area contributed by atoms with Crippen molar-refractivity contribution in [3.63, 3.8) is 0 Å². The third kappa shape index (κ3) is 2.70. The van der Waals surface area contributed by atoms with Gasteiger partial charge in [-0.3, -0.25) is 0 Å². The SMILES string of the molecule is NOc1c(C(=O)O)cccc1C(F)(F)c1ccc(F)c(F)c1F. The number of benzene rings is 2. The molecule has 0 aliphatic rings. The van der Waals surface area contributed by atoms with E-state index in [1.807, 2.05) is 0 Å². The Morgan fingerprint density at radius 3 is 2.26 bits per heavy atom. The minimum atomic E-state index is -4.22. The predicted octanol–water partition coefficient (Wildman–Crippen LogP) is 3.19. The first-order chi connectivity index (χ1) is 10.7. The minimum Gasteiger partial charge on any atom is -0.478 e. The quantitative estimate of drug-likeness (QED) is 0.512. The normalized spacial score (nSPS) is 11.4. The molecular weight excluding hydrogens is 325 g/mol. The van der Waals surface area contributed by atoms with Gasteiger partial charge in [0.2, 0.25) is 0 Å². The summed E-state index contributed by atoms with van der Waals surface area (Å²) in [6.45, 7) is 0. The molecule has 0 aromatic heterocycles. The molecule has 0 heterocycles. The van der Waals surface area contributed by atoms with Gasteiger partial charge in [-0.1, -0.05) is 6.07 Å². The Bertz CT molecular complexity index is 779. The van der Waals surface area contributed by atoms with Crippen LogP contribution in [0.3, 0.4) is 0 Å². The zero-order valence-corrected chi connectivity index (χ0v) is 11.1. The highest BCUT2D eigenvalue weighted by Gasteiger charge is 2.42. The third-order valence-corrected chi connectivity index (χ3v) is 3.08. The van der Waals surface area contributed by atoms with Crippen LogP contribution in [0.2, 0.25) is 0 Å². The van der Waals surface area contributed by atoms with E-state index >= 15 is 0 Å². The van der Waals surface area contributed by atoms with Gasteiger partial charge in [0.15, 0.2) is 23.2 Å². The first-order valence-electron chi connectivity index (χ1n) is 5.97.